The number of hydrogen-bond donors (Lipinski definition) is 0. The molecule has 5 rings (SSSR count). The second kappa shape index (κ2) is 8.51. The van der Waals surface area contributed by atoms with Crippen molar-refractivity contribution in [2.24, 2.45) is 0 Å². The van der Waals surface area contributed by atoms with E-state index in [-0.39, 0.29) is 17.4 Å². The van der Waals surface area contributed by atoms with Gasteiger partial charge in [0, 0.05) is 23.5 Å². The summed E-state index contributed by atoms with van der Waals surface area (Å²) in [5.74, 6) is 0.410. The van der Waals surface area contributed by atoms with E-state index in [0.717, 1.165) is 21.8 Å². The van der Waals surface area contributed by atoms with Crippen LogP contribution in [0.4, 0.5) is 17.2 Å². The number of ether oxygens (including phenoxy) is 1. The van der Waals surface area contributed by atoms with E-state index in [1.807, 2.05) is 73.7 Å². The van der Waals surface area contributed by atoms with Crippen molar-refractivity contribution in [2.45, 2.75) is 6.92 Å². The molecular formula is C25H19N5O3. The summed E-state index contributed by atoms with van der Waals surface area (Å²) in [4.78, 5) is 26.3. The van der Waals surface area contributed by atoms with Crippen LogP contribution in [0.25, 0.3) is 21.7 Å². The summed E-state index contributed by atoms with van der Waals surface area (Å²) in [5, 5.41) is 15.1. The third-order valence-corrected chi connectivity index (χ3v) is 5.38. The average Bonchev–Trinajstić information content (AvgIpc) is 2.85. The molecule has 3 aromatic carbocycles. The summed E-state index contributed by atoms with van der Waals surface area (Å²) >= 11 is 0. The van der Waals surface area contributed by atoms with Crippen LogP contribution in [-0.2, 0) is 0 Å². The van der Waals surface area contributed by atoms with Crippen molar-refractivity contribution in [2.75, 3.05) is 11.4 Å². The van der Waals surface area contributed by atoms with Crippen LogP contribution in [0.1, 0.15) is 6.92 Å². The van der Waals surface area contributed by atoms with Gasteiger partial charge in [-0.05, 0) is 30.5 Å². The topological polar surface area (TPSA) is 94.3 Å². The molecule has 0 atom stereocenters. The zero-order valence-electron chi connectivity index (χ0n) is 17.8. The van der Waals surface area contributed by atoms with E-state index in [2.05, 4.69) is 15.0 Å². The molecule has 0 aliphatic carbocycles. The molecule has 0 unspecified atom stereocenters. The lowest BCUT2D eigenvalue weighted by atomic mass is 10.1. The van der Waals surface area contributed by atoms with Crippen molar-refractivity contribution in [3.8, 4) is 11.6 Å². The van der Waals surface area contributed by atoms with E-state index in [4.69, 9.17) is 4.74 Å². The second-order valence-corrected chi connectivity index (χ2v) is 7.28. The van der Waals surface area contributed by atoms with E-state index in [1.54, 1.807) is 17.2 Å². The Labute approximate surface area is 189 Å². The van der Waals surface area contributed by atoms with Gasteiger partial charge in [0.15, 0.2) is 5.75 Å². The molecule has 33 heavy (non-hydrogen) atoms. The van der Waals surface area contributed by atoms with Gasteiger partial charge in [-0.3, -0.25) is 15.1 Å². The Balaban J connectivity index is 1.66. The average molecular weight is 437 g/mol. The maximum Gasteiger partial charge on any atom is 0.373 e. The number of pyridine rings is 1. The molecular weight excluding hydrogens is 418 g/mol. The normalized spacial score (nSPS) is 10.9. The van der Waals surface area contributed by atoms with Crippen LogP contribution in [0.2, 0.25) is 0 Å². The molecule has 0 amide bonds. The van der Waals surface area contributed by atoms with Crippen molar-refractivity contribution in [1.82, 2.24) is 15.0 Å². The maximum absolute atomic E-state index is 12.2. The first-order valence-corrected chi connectivity index (χ1v) is 10.4. The first-order valence-electron chi connectivity index (χ1n) is 10.4. The summed E-state index contributed by atoms with van der Waals surface area (Å²) in [6.45, 7) is 2.38. The fraction of sp³-hybridized carbons (Fsp3) is 0.0800. The Morgan fingerprint density at radius 2 is 1.67 bits per heavy atom. The van der Waals surface area contributed by atoms with Crippen LogP contribution in [0.5, 0.6) is 11.6 Å². The molecule has 0 saturated heterocycles. The van der Waals surface area contributed by atoms with Gasteiger partial charge in [0.25, 0.3) is 0 Å². The van der Waals surface area contributed by atoms with Crippen LogP contribution >= 0.6 is 0 Å². The molecule has 162 valence electrons. The van der Waals surface area contributed by atoms with Crippen LogP contribution < -0.4 is 9.64 Å². The van der Waals surface area contributed by atoms with Crippen LogP contribution in [-0.4, -0.2) is 26.4 Å². The fourth-order valence-electron chi connectivity index (χ4n) is 3.93. The predicted octanol–water partition coefficient (Wildman–Crippen LogP) is 6.04. The Kier molecular flexibility index (Phi) is 5.24. The molecule has 0 spiro atoms. The molecule has 8 heteroatoms. The summed E-state index contributed by atoms with van der Waals surface area (Å²) in [5.41, 5.74) is 1.10. The third kappa shape index (κ3) is 3.67. The molecule has 0 radical (unpaired) electrons. The maximum atomic E-state index is 12.2. The minimum absolute atomic E-state index is 0.137. The molecule has 0 aliphatic heterocycles. The van der Waals surface area contributed by atoms with Crippen LogP contribution in [0.15, 0.2) is 85.3 Å². The monoisotopic (exact) mass is 437 g/mol. The van der Waals surface area contributed by atoms with Crippen molar-refractivity contribution < 1.29 is 9.66 Å². The molecule has 0 fully saturated rings. The summed E-state index contributed by atoms with van der Waals surface area (Å²) < 4.78 is 5.96. The first kappa shape index (κ1) is 20.3. The van der Waals surface area contributed by atoms with E-state index in [1.165, 1.54) is 6.33 Å². The lowest BCUT2D eigenvalue weighted by molar-refractivity contribution is -0.385. The van der Waals surface area contributed by atoms with E-state index in [0.29, 0.717) is 17.8 Å². The fourth-order valence-corrected chi connectivity index (χ4v) is 3.93. The van der Waals surface area contributed by atoms with Gasteiger partial charge in [-0.25, -0.2) is 4.98 Å². The minimum Gasteiger partial charge on any atom is -0.431 e. The molecule has 0 saturated carbocycles. The number of fused-ring (bicyclic) bond motifs is 2. The Morgan fingerprint density at radius 3 is 2.52 bits per heavy atom. The molecule has 0 bridgehead atoms. The number of anilines is 2. The van der Waals surface area contributed by atoms with Crippen LogP contribution in [0, 0.1) is 10.1 Å². The molecule has 5 aromatic rings. The zero-order chi connectivity index (χ0) is 22.8. The molecule has 2 heterocycles. The summed E-state index contributed by atoms with van der Waals surface area (Å²) in [6, 6.07) is 22.9. The Morgan fingerprint density at radius 1 is 0.909 bits per heavy atom. The lowest BCUT2D eigenvalue weighted by Gasteiger charge is -2.23. The highest BCUT2D eigenvalue weighted by molar-refractivity contribution is 5.96. The zero-order valence-corrected chi connectivity index (χ0v) is 17.8. The largest absolute Gasteiger partial charge is 0.431 e. The summed E-state index contributed by atoms with van der Waals surface area (Å²) in [6.07, 6.45) is 2.93. The van der Waals surface area contributed by atoms with Gasteiger partial charge in [-0.1, -0.05) is 54.6 Å². The SMILES string of the molecule is CCN(c1ncnc(Oc2cccc3cccnc23)c1[N+](=O)[O-])c1cccc2ccccc12. The van der Waals surface area contributed by atoms with E-state index < -0.39 is 4.92 Å². The second-order valence-electron chi connectivity index (χ2n) is 7.28. The number of nitro groups is 1. The van der Waals surface area contributed by atoms with E-state index in [9.17, 15) is 10.1 Å². The van der Waals surface area contributed by atoms with Gasteiger partial charge in [0.1, 0.15) is 11.8 Å². The van der Waals surface area contributed by atoms with Gasteiger partial charge in [0.05, 0.1) is 10.6 Å². The molecule has 8 nitrogen and oxygen atoms in total. The number of benzene rings is 3. The quantitative estimate of drug-likeness (QED) is 0.236. The molecule has 2 aromatic heterocycles. The predicted molar refractivity (Wildman–Crippen MR) is 127 cm³/mol. The Hall–Kier alpha value is -4.59. The minimum atomic E-state index is -0.503. The van der Waals surface area contributed by atoms with Gasteiger partial charge in [-0.2, -0.15) is 4.98 Å². The molecule has 0 N–H and O–H groups in total. The van der Waals surface area contributed by atoms with Crippen molar-refractivity contribution in [1.29, 1.82) is 0 Å². The highest BCUT2D eigenvalue weighted by Crippen LogP contribution is 2.41. The van der Waals surface area contributed by atoms with Gasteiger partial charge >= 0.3 is 11.6 Å². The third-order valence-electron chi connectivity index (χ3n) is 5.38. The highest BCUT2D eigenvalue weighted by Gasteiger charge is 2.30. The van der Waals surface area contributed by atoms with Crippen molar-refractivity contribution >= 4 is 38.9 Å². The lowest BCUT2D eigenvalue weighted by Crippen LogP contribution is -2.19. The number of aromatic nitrogens is 3. The summed E-state index contributed by atoms with van der Waals surface area (Å²) in [7, 11) is 0. The Bertz CT molecular complexity index is 1480. The number of para-hydroxylation sites is 1. The molecule has 0 aliphatic rings. The number of hydrogen-bond acceptors (Lipinski definition) is 7. The van der Waals surface area contributed by atoms with Crippen molar-refractivity contribution in [3.05, 3.63) is 95.4 Å². The van der Waals surface area contributed by atoms with Crippen molar-refractivity contribution in [3.63, 3.8) is 0 Å². The number of rotatable bonds is 6. The standard InChI is InChI=1S/C25H19N5O3/c1-2-29(20-13-5-9-17-8-3-4-12-19(17)20)24-23(30(31)32)25(28-16-27-24)33-21-14-6-10-18-11-7-15-26-22(18)21/h3-16H,2H2,1H3. The highest BCUT2D eigenvalue weighted by atomic mass is 16.6. The van der Waals surface area contributed by atoms with Gasteiger partial charge < -0.3 is 9.64 Å². The van der Waals surface area contributed by atoms with Gasteiger partial charge in [-0.15, -0.1) is 0 Å². The van der Waals surface area contributed by atoms with Gasteiger partial charge in [0.2, 0.25) is 5.82 Å². The van der Waals surface area contributed by atoms with Crippen LogP contribution in [0.3, 0.4) is 0 Å². The number of nitrogens with zero attached hydrogens (tertiary/aromatic N) is 5. The first-order chi connectivity index (χ1) is 16.2. The van der Waals surface area contributed by atoms with E-state index >= 15 is 0 Å². The smallest absolute Gasteiger partial charge is 0.373 e.